The van der Waals surface area contributed by atoms with Crippen molar-refractivity contribution in [3.8, 4) is 5.75 Å². The molecule has 0 aliphatic heterocycles. The summed E-state index contributed by atoms with van der Waals surface area (Å²) in [6.45, 7) is 1.85. The van der Waals surface area contributed by atoms with E-state index < -0.39 is 5.38 Å². The van der Waals surface area contributed by atoms with Crippen LogP contribution in [0.3, 0.4) is 0 Å². The molecule has 19 heavy (non-hydrogen) atoms. The molecule has 2 aromatic rings. The van der Waals surface area contributed by atoms with Crippen molar-refractivity contribution in [2.24, 2.45) is 0 Å². The predicted molar refractivity (Wildman–Crippen MR) is 79.5 cm³/mol. The van der Waals surface area contributed by atoms with Gasteiger partial charge in [-0.05, 0) is 63.8 Å². The Hall–Kier alpha value is -1.06. The van der Waals surface area contributed by atoms with Gasteiger partial charge in [-0.15, -0.1) is 11.6 Å². The number of benzene rings is 2. The highest BCUT2D eigenvalue weighted by Gasteiger charge is 2.14. The summed E-state index contributed by atoms with van der Waals surface area (Å²) in [6.07, 6.45) is 0. The van der Waals surface area contributed by atoms with E-state index in [4.69, 9.17) is 16.3 Å². The van der Waals surface area contributed by atoms with Crippen molar-refractivity contribution in [2.75, 3.05) is 7.11 Å². The normalized spacial score (nSPS) is 12.3. The highest BCUT2D eigenvalue weighted by molar-refractivity contribution is 9.10. The number of rotatable bonds is 3. The highest BCUT2D eigenvalue weighted by Crippen LogP contribution is 2.34. The quantitative estimate of drug-likeness (QED) is 0.693. The van der Waals surface area contributed by atoms with E-state index in [-0.39, 0.29) is 5.82 Å². The summed E-state index contributed by atoms with van der Waals surface area (Å²) in [7, 11) is 1.61. The van der Waals surface area contributed by atoms with E-state index in [0.717, 1.165) is 26.9 Å². The molecule has 2 rings (SSSR count). The summed E-state index contributed by atoms with van der Waals surface area (Å²) in [5.74, 6) is 0.469. The van der Waals surface area contributed by atoms with Crippen LogP contribution in [0.5, 0.6) is 5.75 Å². The van der Waals surface area contributed by atoms with E-state index in [9.17, 15) is 4.39 Å². The van der Waals surface area contributed by atoms with Crippen LogP contribution in [0.15, 0.2) is 40.9 Å². The molecular formula is C15H13BrClFO. The van der Waals surface area contributed by atoms with Gasteiger partial charge in [-0.25, -0.2) is 4.39 Å². The smallest absolute Gasteiger partial charge is 0.133 e. The van der Waals surface area contributed by atoms with Gasteiger partial charge in [0.15, 0.2) is 0 Å². The van der Waals surface area contributed by atoms with Gasteiger partial charge < -0.3 is 4.74 Å². The van der Waals surface area contributed by atoms with Crippen molar-refractivity contribution in [2.45, 2.75) is 12.3 Å². The minimum absolute atomic E-state index is 0.270. The second kappa shape index (κ2) is 5.93. The van der Waals surface area contributed by atoms with Gasteiger partial charge >= 0.3 is 0 Å². The van der Waals surface area contributed by atoms with Crippen molar-refractivity contribution in [3.63, 3.8) is 0 Å². The largest absolute Gasteiger partial charge is 0.496 e. The first-order chi connectivity index (χ1) is 9.01. The molecule has 1 atom stereocenters. The van der Waals surface area contributed by atoms with Crippen molar-refractivity contribution in [1.82, 2.24) is 0 Å². The first-order valence-corrected chi connectivity index (χ1v) is 6.99. The van der Waals surface area contributed by atoms with E-state index in [1.807, 2.05) is 31.2 Å². The minimum Gasteiger partial charge on any atom is -0.496 e. The summed E-state index contributed by atoms with van der Waals surface area (Å²) in [5, 5.41) is -0.392. The second-order valence-corrected chi connectivity index (χ2v) is 5.61. The Morgan fingerprint density at radius 2 is 1.89 bits per heavy atom. The van der Waals surface area contributed by atoms with Gasteiger partial charge in [0.2, 0.25) is 0 Å². The van der Waals surface area contributed by atoms with Gasteiger partial charge in [0.1, 0.15) is 11.6 Å². The third-order valence-electron chi connectivity index (χ3n) is 2.83. The number of hydrogen-bond donors (Lipinski definition) is 0. The van der Waals surface area contributed by atoms with Gasteiger partial charge in [-0.1, -0.05) is 12.1 Å². The molecule has 2 aromatic carbocycles. The van der Waals surface area contributed by atoms with Crippen LogP contribution in [0.1, 0.15) is 22.1 Å². The number of hydrogen-bond acceptors (Lipinski definition) is 1. The lowest BCUT2D eigenvalue weighted by Gasteiger charge is -2.13. The molecule has 1 nitrogen and oxygen atoms in total. The number of ether oxygens (including phenoxy) is 1. The number of alkyl halides is 1. The Bertz CT molecular complexity index is 580. The summed E-state index contributed by atoms with van der Waals surface area (Å²) in [4.78, 5) is 0. The number of aryl methyl sites for hydroxylation is 1. The van der Waals surface area contributed by atoms with E-state index in [2.05, 4.69) is 15.9 Å². The van der Waals surface area contributed by atoms with Crippen LogP contribution in [0.25, 0.3) is 0 Å². The minimum atomic E-state index is -0.392. The van der Waals surface area contributed by atoms with Gasteiger partial charge in [-0.2, -0.15) is 0 Å². The monoisotopic (exact) mass is 342 g/mol. The molecular weight excluding hydrogens is 331 g/mol. The highest BCUT2D eigenvalue weighted by atomic mass is 79.9. The Morgan fingerprint density at radius 3 is 2.47 bits per heavy atom. The number of halogens is 3. The molecule has 100 valence electrons. The van der Waals surface area contributed by atoms with Crippen molar-refractivity contribution in [3.05, 3.63) is 63.4 Å². The fraction of sp³-hybridized carbons (Fsp3) is 0.200. The van der Waals surface area contributed by atoms with Crippen molar-refractivity contribution >= 4 is 27.5 Å². The molecule has 0 heterocycles. The molecule has 0 saturated carbocycles. The maximum atomic E-state index is 13.4. The lowest BCUT2D eigenvalue weighted by molar-refractivity contribution is 0.412. The van der Waals surface area contributed by atoms with Crippen LogP contribution < -0.4 is 4.74 Å². The fourth-order valence-corrected chi connectivity index (χ4v) is 2.76. The summed E-state index contributed by atoms with van der Waals surface area (Å²) in [5.41, 5.74) is 2.49. The summed E-state index contributed by atoms with van der Waals surface area (Å²) >= 11 is 9.83. The molecule has 0 aliphatic rings. The Balaban J connectivity index is 2.38. The maximum Gasteiger partial charge on any atom is 0.133 e. The van der Waals surface area contributed by atoms with E-state index >= 15 is 0 Å². The molecule has 0 aromatic heterocycles. The Morgan fingerprint density at radius 1 is 1.16 bits per heavy atom. The average Bonchev–Trinajstić information content (AvgIpc) is 2.36. The van der Waals surface area contributed by atoms with Crippen molar-refractivity contribution < 1.29 is 9.13 Å². The Kier molecular flexibility index (Phi) is 4.48. The zero-order valence-corrected chi connectivity index (χ0v) is 12.9. The van der Waals surface area contributed by atoms with Crippen LogP contribution >= 0.6 is 27.5 Å². The molecule has 0 amide bonds. The second-order valence-electron chi connectivity index (χ2n) is 4.32. The molecule has 1 unspecified atom stereocenters. The molecule has 0 aliphatic carbocycles. The topological polar surface area (TPSA) is 9.23 Å². The molecule has 0 spiro atoms. The predicted octanol–water partition coefficient (Wildman–Crippen LogP) is 5.23. The van der Waals surface area contributed by atoms with Crippen molar-refractivity contribution in [1.29, 1.82) is 0 Å². The van der Waals surface area contributed by atoms with E-state index in [1.165, 1.54) is 12.1 Å². The van der Waals surface area contributed by atoms with Crippen LogP contribution in [-0.4, -0.2) is 7.11 Å². The van der Waals surface area contributed by atoms with Gasteiger partial charge in [0.25, 0.3) is 0 Å². The molecule has 0 fully saturated rings. The standard InChI is InChI=1S/C15H13BrClFO/c1-9-5-11(7-12(18)6-9)15(17)10-3-4-14(19-2)13(16)8-10/h3-8,15H,1-2H3. The average molecular weight is 344 g/mol. The molecule has 0 radical (unpaired) electrons. The van der Waals surface area contributed by atoms with Gasteiger partial charge in [0, 0.05) is 0 Å². The summed E-state index contributed by atoms with van der Waals surface area (Å²) in [6, 6.07) is 10.4. The molecule has 0 bridgehead atoms. The van der Waals surface area contributed by atoms with Crippen LogP contribution in [0, 0.1) is 12.7 Å². The molecule has 0 saturated heterocycles. The lowest BCUT2D eigenvalue weighted by atomic mass is 10.0. The fourth-order valence-electron chi connectivity index (χ4n) is 1.94. The molecule has 0 N–H and O–H groups in total. The SMILES string of the molecule is COc1ccc(C(Cl)c2cc(C)cc(F)c2)cc1Br. The number of methoxy groups -OCH3 is 1. The van der Waals surface area contributed by atoms with Crippen LogP contribution in [0.4, 0.5) is 4.39 Å². The summed E-state index contributed by atoms with van der Waals surface area (Å²) < 4.78 is 19.4. The van der Waals surface area contributed by atoms with Crippen LogP contribution in [0.2, 0.25) is 0 Å². The van der Waals surface area contributed by atoms with Crippen LogP contribution in [-0.2, 0) is 0 Å². The zero-order valence-electron chi connectivity index (χ0n) is 10.6. The lowest BCUT2D eigenvalue weighted by Crippen LogP contribution is -1.96. The third-order valence-corrected chi connectivity index (χ3v) is 3.95. The maximum absolute atomic E-state index is 13.4. The third kappa shape index (κ3) is 3.28. The van der Waals surface area contributed by atoms with E-state index in [1.54, 1.807) is 7.11 Å². The molecule has 4 heteroatoms. The first kappa shape index (κ1) is 14.4. The Labute approximate surface area is 125 Å². The van der Waals surface area contributed by atoms with Gasteiger partial charge in [0.05, 0.1) is 17.0 Å². The van der Waals surface area contributed by atoms with Gasteiger partial charge in [-0.3, -0.25) is 0 Å². The van der Waals surface area contributed by atoms with E-state index in [0.29, 0.717) is 0 Å². The zero-order chi connectivity index (χ0) is 14.0. The first-order valence-electron chi connectivity index (χ1n) is 5.76.